The number of aliphatic hydroxyl groups excluding tert-OH is 1. The topological polar surface area (TPSA) is 37.3 Å². The van der Waals surface area contributed by atoms with E-state index in [1.807, 2.05) is 24.3 Å². The minimum absolute atomic E-state index is 0.0291. The van der Waals surface area contributed by atoms with Crippen LogP contribution in [0.25, 0.3) is 32.3 Å². The molecule has 118 valence electrons. The average Bonchev–Trinajstić information content (AvgIpc) is 2.60. The summed E-state index contributed by atoms with van der Waals surface area (Å²) in [7, 11) is 0. The lowest BCUT2D eigenvalue weighted by Gasteiger charge is -2.16. The number of carbonyl (C=O) groups is 1. The first kappa shape index (κ1) is 15.1. The quantitative estimate of drug-likeness (QED) is 0.326. The van der Waals surface area contributed by atoms with Crippen LogP contribution in [0.2, 0.25) is 0 Å². The summed E-state index contributed by atoms with van der Waals surface area (Å²) >= 11 is 5.56. The molecule has 0 atom stereocenters. The normalized spacial score (nSPS) is 11.6. The molecule has 0 spiro atoms. The monoisotopic (exact) mass is 334 g/mol. The summed E-state index contributed by atoms with van der Waals surface area (Å²) in [6.07, 6.45) is 0.404. The van der Waals surface area contributed by atoms with Crippen LogP contribution in [0.3, 0.4) is 0 Å². The predicted molar refractivity (Wildman–Crippen MR) is 99.8 cm³/mol. The number of hydrogen-bond acceptors (Lipinski definition) is 2. The van der Waals surface area contributed by atoms with Gasteiger partial charge in [-0.25, -0.2) is 0 Å². The SMILES string of the molecule is C=C(Cc1ccc2ccc3cccc4c(CO)cc1c2c34)C(=O)Cl. The van der Waals surface area contributed by atoms with Crippen LogP contribution in [0, 0.1) is 0 Å². The van der Waals surface area contributed by atoms with Crippen molar-refractivity contribution in [1.29, 1.82) is 0 Å². The maximum absolute atomic E-state index is 11.4. The summed E-state index contributed by atoms with van der Waals surface area (Å²) in [5.41, 5.74) is 2.25. The Balaban J connectivity index is 2.13. The molecule has 0 saturated heterocycles. The molecule has 24 heavy (non-hydrogen) atoms. The average molecular weight is 335 g/mol. The van der Waals surface area contributed by atoms with Crippen LogP contribution in [0.5, 0.6) is 0 Å². The lowest BCUT2D eigenvalue weighted by Crippen LogP contribution is -1.99. The fourth-order valence-corrected chi connectivity index (χ4v) is 3.60. The van der Waals surface area contributed by atoms with Crippen LogP contribution < -0.4 is 0 Å². The van der Waals surface area contributed by atoms with Crippen LogP contribution in [0.1, 0.15) is 11.1 Å². The minimum atomic E-state index is -0.511. The Hall–Kier alpha value is -2.42. The third-order valence-corrected chi connectivity index (χ3v) is 4.94. The zero-order valence-corrected chi connectivity index (χ0v) is 13.7. The Morgan fingerprint density at radius 2 is 1.62 bits per heavy atom. The summed E-state index contributed by atoms with van der Waals surface area (Å²) in [6, 6.07) is 16.4. The highest BCUT2D eigenvalue weighted by molar-refractivity contribution is 6.67. The van der Waals surface area contributed by atoms with E-state index in [-0.39, 0.29) is 6.61 Å². The minimum Gasteiger partial charge on any atom is -0.392 e. The van der Waals surface area contributed by atoms with E-state index < -0.39 is 5.24 Å². The number of benzene rings is 4. The highest BCUT2D eigenvalue weighted by atomic mass is 35.5. The van der Waals surface area contributed by atoms with Crippen molar-refractivity contribution in [2.75, 3.05) is 0 Å². The second-order valence-corrected chi connectivity index (χ2v) is 6.43. The zero-order valence-electron chi connectivity index (χ0n) is 13.0. The number of rotatable bonds is 4. The Kier molecular flexibility index (Phi) is 3.52. The van der Waals surface area contributed by atoms with Crippen LogP contribution >= 0.6 is 11.6 Å². The van der Waals surface area contributed by atoms with Crippen LogP contribution in [-0.4, -0.2) is 10.3 Å². The van der Waals surface area contributed by atoms with E-state index in [0.29, 0.717) is 12.0 Å². The standard InChI is InChI=1S/C21H15ClO2/c1-12(21(22)24)9-15-8-7-14-6-5-13-3-2-4-17-16(11-23)10-18(15)20(14)19(13)17/h2-8,10,23H,1,9,11H2. The first-order chi connectivity index (χ1) is 11.6. The maximum Gasteiger partial charge on any atom is 0.248 e. The second kappa shape index (κ2) is 5.59. The fourth-order valence-electron chi connectivity index (χ4n) is 3.53. The number of halogens is 1. The number of hydrogen-bond donors (Lipinski definition) is 1. The molecule has 0 unspecified atom stereocenters. The van der Waals surface area contributed by atoms with Gasteiger partial charge in [0.05, 0.1) is 6.61 Å². The number of aliphatic hydroxyl groups is 1. The zero-order chi connectivity index (χ0) is 16.8. The van der Waals surface area contributed by atoms with Gasteiger partial charge in [-0.3, -0.25) is 4.79 Å². The van der Waals surface area contributed by atoms with E-state index in [0.717, 1.165) is 43.4 Å². The molecule has 4 rings (SSSR count). The van der Waals surface area contributed by atoms with Gasteiger partial charge in [0, 0.05) is 12.0 Å². The van der Waals surface area contributed by atoms with Crippen molar-refractivity contribution in [2.24, 2.45) is 0 Å². The number of allylic oxidation sites excluding steroid dienone is 1. The third-order valence-electron chi connectivity index (χ3n) is 4.67. The van der Waals surface area contributed by atoms with E-state index in [1.165, 1.54) is 0 Å². The van der Waals surface area contributed by atoms with Crippen molar-refractivity contribution in [2.45, 2.75) is 13.0 Å². The molecule has 4 aromatic rings. The predicted octanol–water partition coefficient (Wildman–Crippen LogP) is 4.94. The van der Waals surface area contributed by atoms with Crippen molar-refractivity contribution in [1.82, 2.24) is 0 Å². The van der Waals surface area contributed by atoms with Gasteiger partial charge >= 0.3 is 0 Å². The first-order valence-corrected chi connectivity index (χ1v) is 8.14. The fraction of sp³-hybridized carbons (Fsp3) is 0.0952. The number of carbonyl (C=O) groups excluding carboxylic acids is 1. The van der Waals surface area contributed by atoms with Crippen molar-refractivity contribution in [3.63, 3.8) is 0 Å². The Morgan fingerprint density at radius 1 is 0.958 bits per heavy atom. The van der Waals surface area contributed by atoms with Gasteiger partial charge in [-0.2, -0.15) is 0 Å². The highest BCUT2D eigenvalue weighted by Gasteiger charge is 2.15. The summed E-state index contributed by atoms with van der Waals surface area (Å²) < 4.78 is 0. The smallest absolute Gasteiger partial charge is 0.248 e. The summed E-state index contributed by atoms with van der Waals surface area (Å²) in [5, 5.41) is 16.0. The molecule has 0 aliphatic carbocycles. The molecule has 0 aliphatic heterocycles. The molecule has 2 nitrogen and oxygen atoms in total. The summed E-state index contributed by atoms with van der Waals surface area (Å²) in [4.78, 5) is 11.4. The molecule has 0 heterocycles. The Bertz CT molecular complexity index is 1110. The molecule has 0 fully saturated rings. The first-order valence-electron chi connectivity index (χ1n) is 7.77. The van der Waals surface area contributed by atoms with Gasteiger partial charge in [-0.05, 0) is 61.1 Å². The van der Waals surface area contributed by atoms with E-state index in [9.17, 15) is 9.90 Å². The van der Waals surface area contributed by atoms with Crippen molar-refractivity contribution >= 4 is 49.2 Å². The maximum atomic E-state index is 11.4. The molecule has 3 heteroatoms. The van der Waals surface area contributed by atoms with Crippen LogP contribution in [0.15, 0.2) is 60.7 Å². The second-order valence-electron chi connectivity index (χ2n) is 6.09. The molecule has 0 amide bonds. The van der Waals surface area contributed by atoms with Gasteiger partial charge in [0.2, 0.25) is 5.24 Å². The van der Waals surface area contributed by atoms with E-state index in [4.69, 9.17) is 11.6 Å². The Morgan fingerprint density at radius 3 is 2.33 bits per heavy atom. The van der Waals surface area contributed by atoms with E-state index >= 15 is 0 Å². The van der Waals surface area contributed by atoms with Gasteiger partial charge in [0.25, 0.3) is 0 Å². The molecule has 1 N–H and O–H groups in total. The molecule has 0 saturated carbocycles. The van der Waals surface area contributed by atoms with Gasteiger partial charge < -0.3 is 5.11 Å². The van der Waals surface area contributed by atoms with E-state index in [1.54, 1.807) is 0 Å². The molecule has 0 aliphatic rings. The van der Waals surface area contributed by atoms with Gasteiger partial charge in [-0.1, -0.05) is 49.0 Å². The molecular weight excluding hydrogens is 320 g/mol. The Labute approximate surface area is 144 Å². The summed E-state index contributed by atoms with van der Waals surface area (Å²) in [5.74, 6) is 0. The molecule has 4 aromatic carbocycles. The van der Waals surface area contributed by atoms with Gasteiger partial charge in [0.1, 0.15) is 0 Å². The lowest BCUT2D eigenvalue weighted by atomic mass is 9.88. The summed E-state index contributed by atoms with van der Waals surface area (Å²) in [6.45, 7) is 3.74. The molecule has 0 aromatic heterocycles. The van der Waals surface area contributed by atoms with E-state index in [2.05, 4.69) is 30.8 Å². The highest BCUT2D eigenvalue weighted by Crippen LogP contribution is 2.38. The van der Waals surface area contributed by atoms with Crippen molar-refractivity contribution < 1.29 is 9.90 Å². The van der Waals surface area contributed by atoms with Gasteiger partial charge in [0.15, 0.2) is 0 Å². The van der Waals surface area contributed by atoms with Crippen molar-refractivity contribution in [3.05, 3.63) is 71.8 Å². The van der Waals surface area contributed by atoms with Crippen LogP contribution in [-0.2, 0) is 17.8 Å². The molecule has 0 radical (unpaired) electrons. The van der Waals surface area contributed by atoms with Crippen LogP contribution in [0.4, 0.5) is 0 Å². The third kappa shape index (κ3) is 2.19. The van der Waals surface area contributed by atoms with Crippen molar-refractivity contribution in [3.8, 4) is 0 Å². The largest absolute Gasteiger partial charge is 0.392 e. The molecule has 0 bridgehead atoms. The molecular formula is C21H15ClO2. The van der Waals surface area contributed by atoms with Gasteiger partial charge in [-0.15, -0.1) is 0 Å². The lowest BCUT2D eigenvalue weighted by molar-refractivity contribution is -0.108.